The van der Waals surface area contributed by atoms with Gasteiger partial charge in [-0.05, 0) is 42.5 Å². The molecule has 2 amide bonds. The lowest BCUT2D eigenvalue weighted by Crippen LogP contribution is -2.64. The van der Waals surface area contributed by atoms with E-state index in [9.17, 15) is 4.79 Å². The smallest absolute Gasteiger partial charge is 0.319 e. The van der Waals surface area contributed by atoms with Crippen LogP contribution < -0.4 is 10.6 Å². The molecule has 5 heteroatoms. The second kappa shape index (κ2) is 6.49. The van der Waals surface area contributed by atoms with E-state index in [-0.39, 0.29) is 23.6 Å². The molecule has 1 aromatic rings. The Kier molecular flexibility index (Phi) is 4.60. The highest BCUT2D eigenvalue weighted by Gasteiger charge is 2.53. The second-order valence-corrected chi connectivity index (χ2v) is 6.53. The fourth-order valence-corrected chi connectivity index (χ4v) is 4.05. The molecule has 5 nitrogen and oxygen atoms in total. The van der Waals surface area contributed by atoms with Crippen LogP contribution in [0.3, 0.4) is 0 Å². The number of methoxy groups -OCH3 is 1. The number of ether oxygens (including phenoxy) is 2. The SMILES string of the molecule is CCC1(CC)[C@@H](OC)C[C@H]1NC(=O)Nc1ccc2c(c1)COC2. The van der Waals surface area contributed by atoms with Gasteiger partial charge in [0.1, 0.15) is 0 Å². The highest BCUT2D eigenvalue weighted by molar-refractivity contribution is 5.89. The van der Waals surface area contributed by atoms with Crippen molar-refractivity contribution in [3.8, 4) is 0 Å². The Morgan fingerprint density at radius 3 is 2.74 bits per heavy atom. The highest BCUT2D eigenvalue weighted by Crippen LogP contribution is 2.48. The Morgan fingerprint density at radius 2 is 2.04 bits per heavy atom. The first-order valence-electron chi connectivity index (χ1n) is 8.42. The molecule has 0 bridgehead atoms. The van der Waals surface area contributed by atoms with Crippen molar-refractivity contribution in [2.75, 3.05) is 12.4 Å². The van der Waals surface area contributed by atoms with Crippen LogP contribution in [0.1, 0.15) is 44.2 Å². The van der Waals surface area contributed by atoms with Gasteiger partial charge in [0.15, 0.2) is 0 Å². The molecule has 2 atom stereocenters. The molecule has 0 aromatic heterocycles. The summed E-state index contributed by atoms with van der Waals surface area (Å²) in [6.45, 7) is 5.63. The fraction of sp³-hybridized carbons (Fsp3) is 0.611. The highest BCUT2D eigenvalue weighted by atomic mass is 16.5. The summed E-state index contributed by atoms with van der Waals surface area (Å²) in [6.07, 6.45) is 3.12. The van der Waals surface area contributed by atoms with Crippen LogP contribution in [0, 0.1) is 5.41 Å². The molecule has 1 fully saturated rings. The molecule has 23 heavy (non-hydrogen) atoms. The number of carbonyl (C=O) groups excluding carboxylic acids is 1. The molecule has 1 aliphatic carbocycles. The molecule has 0 saturated heterocycles. The Bertz CT molecular complexity index is 584. The number of hydrogen-bond donors (Lipinski definition) is 2. The molecule has 1 aliphatic heterocycles. The number of fused-ring (bicyclic) bond motifs is 1. The summed E-state index contributed by atoms with van der Waals surface area (Å²) in [7, 11) is 1.76. The lowest BCUT2D eigenvalue weighted by atomic mass is 9.58. The minimum Gasteiger partial charge on any atom is -0.381 e. The van der Waals surface area contributed by atoms with E-state index in [2.05, 4.69) is 24.5 Å². The molecule has 0 unspecified atom stereocenters. The molecular weight excluding hydrogens is 292 g/mol. The number of benzene rings is 1. The number of amides is 2. The monoisotopic (exact) mass is 318 g/mol. The maximum Gasteiger partial charge on any atom is 0.319 e. The number of carbonyl (C=O) groups is 1. The minimum atomic E-state index is -0.144. The van der Waals surface area contributed by atoms with Crippen LogP contribution in [0.5, 0.6) is 0 Å². The van der Waals surface area contributed by atoms with E-state index in [1.165, 1.54) is 5.56 Å². The van der Waals surface area contributed by atoms with Gasteiger partial charge >= 0.3 is 6.03 Å². The van der Waals surface area contributed by atoms with Crippen LogP contribution in [0.25, 0.3) is 0 Å². The zero-order valence-electron chi connectivity index (χ0n) is 14.1. The molecule has 1 heterocycles. The zero-order chi connectivity index (χ0) is 16.4. The first kappa shape index (κ1) is 16.3. The summed E-state index contributed by atoms with van der Waals surface area (Å²) in [5.41, 5.74) is 3.22. The first-order valence-corrected chi connectivity index (χ1v) is 8.42. The van der Waals surface area contributed by atoms with Crippen molar-refractivity contribution in [3.63, 3.8) is 0 Å². The lowest BCUT2D eigenvalue weighted by molar-refractivity contribution is -0.119. The van der Waals surface area contributed by atoms with E-state index < -0.39 is 0 Å². The number of hydrogen-bond acceptors (Lipinski definition) is 3. The van der Waals surface area contributed by atoms with Crippen LogP contribution >= 0.6 is 0 Å². The van der Waals surface area contributed by atoms with Crippen molar-refractivity contribution in [2.45, 2.75) is 58.5 Å². The summed E-state index contributed by atoms with van der Waals surface area (Å²) in [5.74, 6) is 0. The van der Waals surface area contributed by atoms with Crippen LogP contribution in [-0.2, 0) is 22.7 Å². The average molecular weight is 318 g/mol. The van der Waals surface area contributed by atoms with E-state index in [0.29, 0.717) is 13.2 Å². The standard InChI is InChI=1S/C18H26N2O3/c1-4-18(5-2)15(9-16(18)22-3)20-17(21)19-14-7-6-12-10-23-11-13(12)8-14/h6-8,15-16H,4-5,9-11H2,1-3H3,(H2,19,20,21)/t15-,16+/m1/s1. The van der Waals surface area contributed by atoms with Crippen molar-refractivity contribution in [2.24, 2.45) is 5.41 Å². The molecule has 3 rings (SSSR count). The van der Waals surface area contributed by atoms with E-state index in [4.69, 9.17) is 9.47 Å². The van der Waals surface area contributed by atoms with E-state index >= 15 is 0 Å². The summed E-state index contributed by atoms with van der Waals surface area (Å²) < 4.78 is 11.0. The van der Waals surface area contributed by atoms with Crippen LogP contribution in [0.4, 0.5) is 10.5 Å². The van der Waals surface area contributed by atoms with Crippen molar-refractivity contribution in [1.82, 2.24) is 5.32 Å². The number of anilines is 1. The van der Waals surface area contributed by atoms with Crippen LogP contribution in [-0.4, -0.2) is 25.3 Å². The maximum absolute atomic E-state index is 12.3. The average Bonchev–Trinajstić information content (AvgIpc) is 3.00. The molecule has 1 saturated carbocycles. The zero-order valence-corrected chi connectivity index (χ0v) is 14.1. The molecule has 0 radical (unpaired) electrons. The van der Waals surface area contributed by atoms with E-state index in [1.807, 2.05) is 18.2 Å². The van der Waals surface area contributed by atoms with Gasteiger partial charge in [-0.3, -0.25) is 0 Å². The number of nitrogens with one attached hydrogen (secondary N) is 2. The van der Waals surface area contributed by atoms with Gasteiger partial charge in [0.05, 0.1) is 19.3 Å². The molecule has 126 valence electrons. The van der Waals surface area contributed by atoms with Gasteiger partial charge < -0.3 is 20.1 Å². The van der Waals surface area contributed by atoms with Crippen LogP contribution in [0.2, 0.25) is 0 Å². The maximum atomic E-state index is 12.3. The predicted octanol–water partition coefficient (Wildman–Crippen LogP) is 3.43. The van der Waals surface area contributed by atoms with Crippen molar-refractivity contribution in [3.05, 3.63) is 29.3 Å². The third-order valence-electron chi connectivity index (χ3n) is 5.67. The molecule has 1 aromatic carbocycles. The Labute approximate surface area is 137 Å². The summed E-state index contributed by atoms with van der Waals surface area (Å²) in [4.78, 5) is 12.3. The van der Waals surface area contributed by atoms with Crippen LogP contribution in [0.15, 0.2) is 18.2 Å². The topological polar surface area (TPSA) is 59.6 Å². The van der Waals surface area contributed by atoms with Gasteiger partial charge in [-0.15, -0.1) is 0 Å². The van der Waals surface area contributed by atoms with Crippen molar-refractivity contribution in [1.29, 1.82) is 0 Å². The summed E-state index contributed by atoms with van der Waals surface area (Å²) >= 11 is 0. The molecule has 2 N–H and O–H groups in total. The van der Waals surface area contributed by atoms with Crippen molar-refractivity contribution < 1.29 is 14.3 Å². The minimum absolute atomic E-state index is 0.0534. The summed E-state index contributed by atoms with van der Waals surface area (Å²) in [6, 6.07) is 5.96. The van der Waals surface area contributed by atoms with Crippen molar-refractivity contribution >= 4 is 11.7 Å². The van der Waals surface area contributed by atoms with Gasteiger partial charge in [-0.25, -0.2) is 4.79 Å². The van der Waals surface area contributed by atoms with E-state index in [1.54, 1.807) is 7.11 Å². The predicted molar refractivity (Wildman–Crippen MR) is 89.3 cm³/mol. The van der Waals surface area contributed by atoms with Gasteiger partial charge in [0, 0.05) is 24.3 Å². The third-order valence-corrected chi connectivity index (χ3v) is 5.67. The second-order valence-electron chi connectivity index (χ2n) is 6.53. The van der Waals surface area contributed by atoms with E-state index in [0.717, 1.165) is 30.5 Å². The Balaban J connectivity index is 1.61. The number of rotatable bonds is 5. The first-order chi connectivity index (χ1) is 11.1. The van der Waals surface area contributed by atoms with Gasteiger partial charge in [-0.2, -0.15) is 0 Å². The van der Waals surface area contributed by atoms with Gasteiger partial charge in [0.2, 0.25) is 0 Å². The largest absolute Gasteiger partial charge is 0.381 e. The fourth-order valence-electron chi connectivity index (χ4n) is 4.05. The third kappa shape index (κ3) is 2.83. The number of urea groups is 1. The lowest BCUT2D eigenvalue weighted by Gasteiger charge is -2.54. The normalized spacial score (nSPS) is 24.7. The molecule has 2 aliphatic rings. The Morgan fingerprint density at radius 1 is 1.30 bits per heavy atom. The van der Waals surface area contributed by atoms with Gasteiger partial charge in [0.25, 0.3) is 0 Å². The quantitative estimate of drug-likeness (QED) is 0.874. The summed E-state index contributed by atoms with van der Waals surface area (Å²) in [5, 5.41) is 6.07. The van der Waals surface area contributed by atoms with Gasteiger partial charge in [-0.1, -0.05) is 19.9 Å². The molecule has 0 spiro atoms. The molecular formula is C18H26N2O3. The Hall–Kier alpha value is -1.59.